The zero-order valence-electron chi connectivity index (χ0n) is 12.1. The Labute approximate surface area is 150 Å². The van der Waals surface area contributed by atoms with Gasteiger partial charge in [0.1, 0.15) is 0 Å². The number of aromatic nitrogens is 1. The molecule has 0 radical (unpaired) electrons. The molecular weight excluding hydrogens is 349 g/mol. The smallest absolute Gasteiger partial charge is 1.00 e. The number of nitrogens with zero attached hydrogens (tertiary/aromatic N) is 1. The molecule has 0 amide bonds. The maximum atomic E-state index is 11.6. The molecule has 0 bridgehead atoms. The minimum absolute atomic E-state index is 0. The molecule has 0 aliphatic heterocycles. The number of hydrogen-bond acceptors (Lipinski definition) is 7. The topological polar surface area (TPSA) is 111 Å². The van der Waals surface area contributed by atoms with Crippen LogP contribution in [0, 0.1) is 0 Å². The number of rotatable bonds is 6. The van der Waals surface area contributed by atoms with Crippen LogP contribution in [0.25, 0.3) is 10.2 Å². The van der Waals surface area contributed by atoms with Gasteiger partial charge in [0.2, 0.25) is 0 Å². The molecule has 1 heterocycles. The van der Waals surface area contributed by atoms with Crippen molar-refractivity contribution in [1.82, 2.24) is 4.98 Å². The van der Waals surface area contributed by atoms with Crippen LogP contribution in [0.2, 0.25) is 0 Å². The van der Waals surface area contributed by atoms with Crippen molar-refractivity contribution in [2.75, 3.05) is 11.5 Å². The first-order valence-electron chi connectivity index (χ1n) is 5.48. The van der Waals surface area contributed by atoms with Crippen LogP contribution in [-0.2, 0) is 20.2 Å². The Hall–Kier alpha value is -0.230. The molecule has 1 aromatic carbocycles. The molecular formula is C10H12NNaO6S3. The standard InChI is InChI=1S/C10H11NO6S3.Na.H/c12-19(13,14)6-3-7-20(15,16)17-10-11-8-4-1-2-5-9(8)18-10;;/h1-2,4-5H,3,6-7H2,(H,12,13,14);;/q;+1;-1. The molecule has 0 aliphatic rings. The molecule has 1 aromatic heterocycles. The predicted octanol–water partition coefficient (Wildman–Crippen LogP) is -1.60. The summed E-state index contributed by atoms with van der Waals surface area (Å²) in [6.07, 6.45) is -0.244. The average molecular weight is 361 g/mol. The monoisotopic (exact) mass is 361 g/mol. The van der Waals surface area contributed by atoms with Crippen molar-refractivity contribution in [3.8, 4) is 5.19 Å². The molecule has 0 spiro atoms. The number of hydrogen-bond donors (Lipinski definition) is 1. The molecule has 2 aromatic rings. The van der Waals surface area contributed by atoms with E-state index >= 15 is 0 Å². The molecule has 21 heavy (non-hydrogen) atoms. The number of para-hydroxylation sites is 1. The summed E-state index contributed by atoms with van der Waals surface area (Å²) in [5, 5.41) is -0.0157. The van der Waals surface area contributed by atoms with Crippen LogP contribution in [0.4, 0.5) is 0 Å². The zero-order valence-corrected chi connectivity index (χ0v) is 15.5. The quantitative estimate of drug-likeness (QED) is 0.375. The summed E-state index contributed by atoms with van der Waals surface area (Å²) >= 11 is 1.08. The van der Waals surface area contributed by atoms with Crippen molar-refractivity contribution in [3.05, 3.63) is 24.3 Å². The van der Waals surface area contributed by atoms with Gasteiger partial charge in [-0.3, -0.25) is 4.55 Å². The Morgan fingerprint density at radius 2 is 1.86 bits per heavy atom. The third kappa shape index (κ3) is 6.19. The number of thiazole rings is 1. The van der Waals surface area contributed by atoms with E-state index in [2.05, 4.69) is 4.98 Å². The minimum Gasteiger partial charge on any atom is -1.00 e. The molecule has 0 saturated carbocycles. The molecule has 0 atom stereocenters. The SMILES string of the molecule is O=S(=O)(O)CCCS(=O)(=O)Oc1nc2ccccc2s1.[H-].[Na+]. The van der Waals surface area contributed by atoms with Crippen LogP contribution in [0.1, 0.15) is 7.85 Å². The van der Waals surface area contributed by atoms with E-state index in [-0.39, 0.29) is 42.6 Å². The largest absolute Gasteiger partial charge is 1.00 e. The average Bonchev–Trinajstić information content (AvgIpc) is 2.67. The van der Waals surface area contributed by atoms with Crippen molar-refractivity contribution >= 4 is 41.8 Å². The Bertz CT molecular complexity index is 787. The third-order valence-corrected chi connectivity index (χ3v) is 5.29. The first kappa shape index (κ1) is 18.8. The van der Waals surface area contributed by atoms with Crippen molar-refractivity contribution < 1.29 is 56.6 Å². The van der Waals surface area contributed by atoms with Crippen molar-refractivity contribution in [2.45, 2.75) is 6.42 Å². The Balaban J connectivity index is 0.00000220. The van der Waals surface area contributed by atoms with Crippen LogP contribution in [0.3, 0.4) is 0 Å². The fourth-order valence-corrected chi connectivity index (χ4v) is 4.13. The van der Waals surface area contributed by atoms with E-state index in [1.54, 1.807) is 24.3 Å². The van der Waals surface area contributed by atoms with E-state index in [4.69, 9.17) is 8.74 Å². The van der Waals surface area contributed by atoms with E-state index in [0.29, 0.717) is 5.52 Å². The van der Waals surface area contributed by atoms with E-state index in [0.717, 1.165) is 16.0 Å². The van der Waals surface area contributed by atoms with Gasteiger partial charge >= 0.3 is 39.7 Å². The van der Waals surface area contributed by atoms with Gasteiger partial charge in [-0.05, 0) is 18.6 Å². The second-order valence-electron chi connectivity index (χ2n) is 3.93. The molecule has 0 fully saturated rings. The summed E-state index contributed by atoms with van der Waals surface area (Å²) in [5.74, 6) is -1.14. The zero-order chi connectivity index (χ0) is 14.8. The Morgan fingerprint density at radius 1 is 1.19 bits per heavy atom. The third-order valence-electron chi connectivity index (χ3n) is 2.27. The molecule has 0 saturated heterocycles. The number of benzene rings is 1. The second-order valence-corrected chi connectivity index (χ2v) is 8.19. The molecule has 112 valence electrons. The van der Waals surface area contributed by atoms with Gasteiger partial charge in [-0.15, -0.1) is 0 Å². The van der Waals surface area contributed by atoms with Crippen molar-refractivity contribution in [3.63, 3.8) is 0 Å². The van der Waals surface area contributed by atoms with Crippen LogP contribution in [-0.4, -0.2) is 37.9 Å². The van der Waals surface area contributed by atoms with E-state index in [9.17, 15) is 16.8 Å². The molecule has 0 unspecified atom stereocenters. The normalized spacial score (nSPS) is 12.0. The van der Waals surface area contributed by atoms with E-state index < -0.39 is 31.7 Å². The van der Waals surface area contributed by atoms with Crippen LogP contribution in [0.15, 0.2) is 24.3 Å². The fraction of sp³-hybridized carbons (Fsp3) is 0.300. The summed E-state index contributed by atoms with van der Waals surface area (Å²) in [7, 11) is -8.11. The molecule has 1 N–H and O–H groups in total. The van der Waals surface area contributed by atoms with Crippen molar-refractivity contribution in [2.24, 2.45) is 0 Å². The first-order valence-corrected chi connectivity index (χ1v) is 9.48. The summed E-state index contributed by atoms with van der Waals surface area (Å²) in [6.45, 7) is 0. The molecule has 2 rings (SSSR count). The van der Waals surface area contributed by atoms with Gasteiger partial charge in [-0.1, -0.05) is 23.5 Å². The Kier molecular flexibility index (Phi) is 6.59. The molecule has 0 aliphatic carbocycles. The molecule has 11 heteroatoms. The van der Waals surface area contributed by atoms with Crippen LogP contribution < -0.4 is 33.7 Å². The van der Waals surface area contributed by atoms with Gasteiger partial charge in [0, 0.05) is 0 Å². The molecule has 7 nitrogen and oxygen atoms in total. The van der Waals surface area contributed by atoms with Gasteiger partial charge in [-0.2, -0.15) is 16.8 Å². The summed E-state index contributed by atoms with van der Waals surface area (Å²) < 4.78 is 58.4. The maximum absolute atomic E-state index is 11.6. The van der Waals surface area contributed by atoms with Crippen LogP contribution in [0.5, 0.6) is 5.19 Å². The van der Waals surface area contributed by atoms with Gasteiger partial charge in [0.05, 0.1) is 21.7 Å². The van der Waals surface area contributed by atoms with Gasteiger partial charge < -0.3 is 5.61 Å². The van der Waals surface area contributed by atoms with E-state index in [1.165, 1.54) is 0 Å². The van der Waals surface area contributed by atoms with Crippen molar-refractivity contribution in [1.29, 1.82) is 0 Å². The summed E-state index contributed by atoms with van der Waals surface area (Å²) in [6, 6.07) is 7.08. The minimum atomic E-state index is -4.17. The Morgan fingerprint density at radius 3 is 2.48 bits per heavy atom. The predicted molar refractivity (Wildman–Crippen MR) is 76.2 cm³/mol. The summed E-state index contributed by atoms with van der Waals surface area (Å²) in [5.41, 5.74) is 0.626. The second kappa shape index (κ2) is 7.36. The van der Waals surface area contributed by atoms with E-state index in [1.807, 2.05) is 0 Å². The van der Waals surface area contributed by atoms with Gasteiger partial charge in [0.15, 0.2) is 0 Å². The van der Waals surface area contributed by atoms with Crippen LogP contribution >= 0.6 is 11.3 Å². The van der Waals surface area contributed by atoms with Gasteiger partial charge in [-0.25, -0.2) is 4.98 Å². The maximum Gasteiger partial charge on any atom is 1.00 e. The fourth-order valence-electron chi connectivity index (χ4n) is 1.46. The van der Waals surface area contributed by atoms with Gasteiger partial charge in [0.25, 0.3) is 15.3 Å². The number of fused-ring (bicyclic) bond motifs is 1. The first-order chi connectivity index (χ1) is 9.25. The summed E-state index contributed by atoms with van der Waals surface area (Å²) in [4.78, 5) is 4.00.